The van der Waals surface area contributed by atoms with Crippen LogP contribution < -0.4 is 19.5 Å². The van der Waals surface area contributed by atoms with Crippen molar-refractivity contribution in [2.45, 2.75) is 13.5 Å². The van der Waals surface area contributed by atoms with Gasteiger partial charge in [-0.2, -0.15) is 0 Å². The first-order valence-electron chi connectivity index (χ1n) is 6.29. The van der Waals surface area contributed by atoms with Crippen LogP contribution in [0.4, 0.5) is 5.13 Å². The number of nitrogens with one attached hydrogen (secondary N) is 1. The molecule has 108 valence electrons. The lowest BCUT2D eigenvalue weighted by atomic mass is 10.3. The van der Waals surface area contributed by atoms with E-state index in [9.17, 15) is 0 Å². The van der Waals surface area contributed by atoms with E-state index >= 15 is 0 Å². The summed E-state index contributed by atoms with van der Waals surface area (Å²) in [7, 11) is 3.23. The smallest absolute Gasteiger partial charge is 0.182 e. The topological polar surface area (TPSA) is 52.6 Å². The highest BCUT2D eigenvalue weighted by atomic mass is 32.1. The Labute approximate surface area is 122 Å². The van der Waals surface area contributed by atoms with Gasteiger partial charge in [0.2, 0.25) is 0 Å². The summed E-state index contributed by atoms with van der Waals surface area (Å²) >= 11 is 1.59. The number of hydrogen-bond acceptors (Lipinski definition) is 6. The number of hydrogen-bond donors (Lipinski definition) is 1. The summed E-state index contributed by atoms with van der Waals surface area (Å²) in [5.41, 5.74) is 0. The Morgan fingerprint density at radius 2 is 1.75 bits per heavy atom. The van der Waals surface area contributed by atoms with Gasteiger partial charge >= 0.3 is 0 Å². The molecule has 0 bridgehead atoms. The number of anilines is 1. The highest BCUT2D eigenvalue weighted by Crippen LogP contribution is 2.28. The summed E-state index contributed by atoms with van der Waals surface area (Å²) in [6, 6.07) is 5.46. The van der Waals surface area contributed by atoms with Crippen LogP contribution in [0.15, 0.2) is 24.4 Å². The Balaban J connectivity index is 2.02. The van der Waals surface area contributed by atoms with E-state index in [4.69, 9.17) is 14.2 Å². The number of methoxy groups -OCH3 is 2. The van der Waals surface area contributed by atoms with Gasteiger partial charge in [-0.1, -0.05) is 11.3 Å². The zero-order valence-corrected chi connectivity index (χ0v) is 12.6. The van der Waals surface area contributed by atoms with Crippen LogP contribution in [0, 0.1) is 0 Å². The Morgan fingerprint density at radius 1 is 1.10 bits per heavy atom. The van der Waals surface area contributed by atoms with E-state index < -0.39 is 0 Å². The van der Waals surface area contributed by atoms with E-state index in [-0.39, 0.29) is 0 Å². The van der Waals surface area contributed by atoms with Gasteiger partial charge in [0.25, 0.3) is 0 Å². The second-order valence-corrected chi connectivity index (χ2v) is 5.11. The molecule has 5 nitrogen and oxygen atoms in total. The molecule has 0 unspecified atom stereocenters. The van der Waals surface area contributed by atoms with Gasteiger partial charge < -0.3 is 19.5 Å². The van der Waals surface area contributed by atoms with E-state index in [1.807, 2.05) is 31.3 Å². The summed E-state index contributed by atoms with van der Waals surface area (Å²) in [4.78, 5) is 5.32. The van der Waals surface area contributed by atoms with E-state index in [0.717, 1.165) is 16.6 Å². The van der Waals surface area contributed by atoms with Crippen molar-refractivity contribution in [3.63, 3.8) is 0 Å². The fourth-order valence-electron chi connectivity index (χ4n) is 1.63. The van der Waals surface area contributed by atoms with Gasteiger partial charge in [-0.15, -0.1) is 0 Å². The van der Waals surface area contributed by atoms with Crippen molar-refractivity contribution in [3.05, 3.63) is 29.3 Å². The Kier molecular flexibility index (Phi) is 5.06. The lowest BCUT2D eigenvalue weighted by Gasteiger charge is -2.09. The zero-order chi connectivity index (χ0) is 14.4. The fraction of sp³-hybridized carbons (Fsp3) is 0.357. The van der Waals surface area contributed by atoms with Crippen molar-refractivity contribution in [1.29, 1.82) is 0 Å². The first-order chi connectivity index (χ1) is 9.75. The molecule has 1 N–H and O–H groups in total. The van der Waals surface area contributed by atoms with Crippen LogP contribution in [-0.4, -0.2) is 25.7 Å². The third-order valence-corrected chi connectivity index (χ3v) is 3.52. The maximum absolute atomic E-state index is 5.75. The minimum absolute atomic E-state index is 0.472. The molecule has 1 aromatic carbocycles. The quantitative estimate of drug-likeness (QED) is 0.850. The summed E-state index contributed by atoms with van der Waals surface area (Å²) in [6.07, 6.45) is 1.82. The molecule has 2 aromatic rings. The molecule has 1 heterocycles. The molecule has 0 radical (unpaired) electrons. The molecule has 0 amide bonds. The molecule has 2 rings (SSSR count). The van der Waals surface area contributed by atoms with Gasteiger partial charge in [-0.05, 0) is 6.92 Å². The van der Waals surface area contributed by atoms with Crippen LogP contribution >= 0.6 is 11.3 Å². The number of aromatic nitrogens is 1. The maximum atomic E-state index is 5.75. The molecule has 0 aliphatic rings. The third-order valence-electron chi connectivity index (χ3n) is 2.59. The molecule has 0 aliphatic heterocycles. The first-order valence-corrected chi connectivity index (χ1v) is 7.11. The molecule has 0 saturated heterocycles. The van der Waals surface area contributed by atoms with Crippen molar-refractivity contribution in [1.82, 2.24) is 4.98 Å². The van der Waals surface area contributed by atoms with Crippen LogP contribution in [0.25, 0.3) is 0 Å². The molecule has 20 heavy (non-hydrogen) atoms. The van der Waals surface area contributed by atoms with E-state index in [1.54, 1.807) is 25.6 Å². The molecule has 6 heteroatoms. The Morgan fingerprint density at radius 3 is 2.35 bits per heavy atom. The second-order valence-electron chi connectivity index (χ2n) is 4.00. The van der Waals surface area contributed by atoms with E-state index in [1.165, 1.54) is 0 Å². The van der Waals surface area contributed by atoms with Gasteiger partial charge in [0.15, 0.2) is 5.13 Å². The van der Waals surface area contributed by atoms with Gasteiger partial charge in [0, 0.05) is 30.9 Å². The number of benzene rings is 1. The minimum Gasteiger partial charge on any atom is -0.496 e. The van der Waals surface area contributed by atoms with Crippen LogP contribution in [0.2, 0.25) is 0 Å². The lowest BCUT2D eigenvalue weighted by Crippen LogP contribution is -1.95. The lowest BCUT2D eigenvalue weighted by molar-refractivity contribution is 0.303. The molecular formula is C14H18N2O3S. The number of thiazole rings is 1. The predicted octanol–water partition coefficient (Wildman–Crippen LogP) is 3.17. The summed E-state index contributed by atoms with van der Waals surface area (Å²) in [5.74, 6) is 2.12. The second kappa shape index (κ2) is 7.00. The fourth-order valence-corrected chi connectivity index (χ4v) is 2.42. The average molecular weight is 294 g/mol. The van der Waals surface area contributed by atoms with Gasteiger partial charge in [0.1, 0.15) is 23.9 Å². The molecule has 0 atom stereocenters. The SMILES string of the molecule is CCNc1ncc(COc2cc(OC)cc(OC)c2)s1. The predicted molar refractivity (Wildman–Crippen MR) is 80.2 cm³/mol. The van der Waals surface area contributed by atoms with Crippen molar-refractivity contribution < 1.29 is 14.2 Å². The standard InChI is InChI=1S/C14H18N2O3S/c1-4-15-14-16-8-13(20-14)9-19-12-6-10(17-2)5-11(7-12)18-3/h5-8H,4,9H2,1-3H3,(H,15,16). The van der Waals surface area contributed by atoms with Gasteiger partial charge in [-0.3, -0.25) is 0 Å². The zero-order valence-electron chi connectivity index (χ0n) is 11.8. The van der Waals surface area contributed by atoms with Crippen LogP contribution in [0.5, 0.6) is 17.2 Å². The monoisotopic (exact) mass is 294 g/mol. The first kappa shape index (κ1) is 14.5. The van der Waals surface area contributed by atoms with Gasteiger partial charge in [0.05, 0.1) is 19.1 Å². The minimum atomic E-state index is 0.472. The van der Waals surface area contributed by atoms with E-state index in [2.05, 4.69) is 10.3 Å². The average Bonchev–Trinajstić information content (AvgIpc) is 2.93. The maximum Gasteiger partial charge on any atom is 0.182 e. The van der Waals surface area contributed by atoms with E-state index in [0.29, 0.717) is 23.9 Å². The molecule has 0 saturated carbocycles. The molecule has 1 aromatic heterocycles. The highest BCUT2D eigenvalue weighted by Gasteiger charge is 2.05. The largest absolute Gasteiger partial charge is 0.496 e. The summed E-state index contributed by atoms with van der Waals surface area (Å²) in [5, 5.41) is 4.09. The molecule has 0 spiro atoms. The number of ether oxygens (including phenoxy) is 3. The Hall–Kier alpha value is -1.95. The third kappa shape index (κ3) is 3.77. The van der Waals surface area contributed by atoms with Crippen molar-refractivity contribution in [2.24, 2.45) is 0 Å². The normalized spacial score (nSPS) is 10.2. The van der Waals surface area contributed by atoms with Crippen molar-refractivity contribution >= 4 is 16.5 Å². The number of rotatable bonds is 7. The molecule has 0 fully saturated rings. The van der Waals surface area contributed by atoms with Crippen molar-refractivity contribution in [2.75, 3.05) is 26.1 Å². The number of nitrogens with zero attached hydrogens (tertiary/aromatic N) is 1. The summed E-state index contributed by atoms with van der Waals surface area (Å²) in [6.45, 7) is 3.38. The molecule has 0 aliphatic carbocycles. The van der Waals surface area contributed by atoms with Crippen LogP contribution in [0.3, 0.4) is 0 Å². The Bertz CT molecular complexity index is 535. The van der Waals surface area contributed by atoms with Gasteiger partial charge in [-0.25, -0.2) is 4.98 Å². The highest BCUT2D eigenvalue weighted by molar-refractivity contribution is 7.15. The summed E-state index contributed by atoms with van der Waals surface area (Å²) < 4.78 is 16.2. The molecular weight excluding hydrogens is 276 g/mol. The van der Waals surface area contributed by atoms with Crippen LogP contribution in [0.1, 0.15) is 11.8 Å². The van der Waals surface area contributed by atoms with Crippen molar-refractivity contribution in [3.8, 4) is 17.2 Å². The van der Waals surface area contributed by atoms with Crippen LogP contribution in [-0.2, 0) is 6.61 Å².